The first-order chi connectivity index (χ1) is 9.52. The first kappa shape index (κ1) is 16.5. The van der Waals surface area contributed by atoms with E-state index in [1.54, 1.807) is 0 Å². The van der Waals surface area contributed by atoms with Crippen molar-refractivity contribution in [2.24, 2.45) is 5.92 Å². The summed E-state index contributed by atoms with van der Waals surface area (Å²) in [6.45, 7) is 10.00. The van der Waals surface area contributed by atoms with Crippen molar-refractivity contribution in [3.05, 3.63) is 29.8 Å². The van der Waals surface area contributed by atoms with Gasteiger partial charge in [0.15, 0.2) is 0 Å². The number of nitrogens with one attached hydrogen (secondary N) is 2. The second-order valence-corrected chi connectivity index (χ2v) is 5.24. The Bertz CT molecular complexity index is 403. The number of amides is 1. The molecule has 0 bridgehead atoms. The molecule has 2 atom stereocenters. The highest BCUT2D eigenvalue weighted by Crippen LogP contribution is 2.11. The summed E-state index contributed by atoms with van der Waals surface area (Å²) in [4.78, 5) is 11.9. The zero-order valence-corrected chi connectivity index (χ0v) is 12.9. The molecule has 1 aromatic rings. The summed E-state index contributed by atoms with van der Waals surface area (Å²) in [6, 6.07) is 7.90. The van der Waals surface area contributed by atoms with E-state index in [0.717, 1.165) is 12.3 Å². The third kappa shape index (κ3) is 6.06. The van der Waals surface area contributed by atoms with Crippen molar-refractivity contribution in [1.29, 1.82) is 0 Å². The van der Waals surface area contributed by atoms with Gasteiger partial charge >= 0.3 is 0 Å². The maximum atomic E-state index is 11.9. The molecular formula is C16H26N2O2. The maximum Gasteiger partial charge on any atom is 0.224 e. The van der Waals surface area contributed by atoms with Gasteiger partial charge in [-0.05, 0) is 32.5 Å². The van der Waals surface area contributed by atoms with Crippen molar-refractivity contribution >= 4 is 5.91 Å². The van der Waals surface area contributed by atoms with Crippen LogP contribution in [0, 0.1) is 12.8 Å². The number of hydrogen-bond donors (Lipinski definition) is 2. The SMILES string of the molecule is CCNCC(C)C(=O)NC(C)COc1ccc(C)cc1. The van der Waals surface area contributed by atoms with E-state index < -0.39 is 0 Å². The van der Waals surface area contributed by atoms with Crippen molar-refractivity contribution in [2.45, 2.75) is 33.7 Å². The van der Waals surface area contributed by atoms with Crippen LogP contribution in [0.15, 0.2) is 24.3 Å². The number of carbonyl (C=O) groups is 1. The van der Waals surface area contributed by atoms with Crippen LogP contribution in [-0.4, -0.2) is 31.6 Å². The van der Waals surface area contributed by atoms with Gasteiger partial charge in [-0.3, -0.25) is 4.79 Å². The van der Waals surface area contributed by atoms with E-state index in [2.05, 4.69) is 10.6 Å². The van der Waals surface area contributed by atoms with Gasteiger partial charge < -0.3 is 15.4 Å². The molecule has 0 fully saturated rings. The van der Waals surface area contributed by atoms with Crippen LogP contribution in [0.3, 0.4) is 0 Å². The van der Waals surface area contributed by atoms with Crippen LogP contribution >= 0.6 is 0 Å². The predicted octanol–water partition coefficient (Wildman–Crippen LogP) is 2.12. The summed E-state index contributed by atoms with van der Waals surface area (Å²) in [6.07, 6.45) is 0. The summed E-state index contributed by atoms with van der Waals surface area (Å²) in [5, 5.41) is 6.14. The molecule has 112 valence electrons. The van der Waals surface area contributed by atoms with Gasteiger partial charge in [0, 0.05) is 12.5 Å². The average molecular weight is 278 g/mol. The van der Waals surface area contributed by atoms with E-state index in [1.807, 2.05) is 52.0 Å². The Hall–Kier alpha value is -1.55. The van der Waals surface area contributed by atoms with Crippen molar-refractivity contribution in [3.8, 4) is 5.75 Å². The minimum absolute atomic E-state index is 0.00659. The van der Waals surface area contributed by atoms with Gasteiger partial charge in [0.25, 0.3) is 0 Å². The summed E-state index contributed by atoms with van der Waals surface area (Å²) < 4.78 is 5.65. The first-order valence-electron chi connectivity index (χ1n) is 7.23. The van der Waals surface area contributed by atoms with Crippen LogP contribution in [0.4, 0.5) is 0 Å². The van der Waals surface area contributed by atoms with Crippen molar-refractivity contribution in [1.82, 2.24) is 10.6 Å². The topological polar surface area (TPSA) is 50.4 Å². The van der Waals surface area contributed by atoms with Gasteiger partial charge in [-0.25, -0.2) is 0 Å². The van der Waals surface area contributed by atoms with Crippen LogP contribution in [0.25, 0.3) is 0 Å². The molecule has 1 rings (SSSR count). The average Bonchev–Trinajstić information content (AvgIpc) is 2.44. The van der Waals surface area contributed by atoms with E-state index in [9.17, 15) is 4.79 Å². The Morgan fingerprint density at radius 2 is 1.90 bits per heavy atom. The summed E-state index contributed by atoms with van der Waals surface area (Å²) in [5.41, 5.74) is 1.20. The fourth-order valence-electron chi connectivity index (χ4n) is 1.74. The molecular weight excluding hydrogens is 252 g/mol. The van der Waals surface area contributed by atoms with Gasteiger partial charge in [-0.15, -0.1) is 0 Å². The Kier molecular flexibility index (Phi) is 7.09. The molecule has 2 unspecified atom stereocenters. The standard InChI is InChI=1S/C16H26N2O2/c1-5-17-10-13(3)16(19)18-14(4)11-20-15-8-6-12(2)7-9-15/h6-9,13-14,17H,5,10-11H2,1-4H3,(H,18,19). The molecule has 0 spiro atoms. The molecule has 4 nitrogen and oxygen atoms in total. The fraction of sp³-hybridized carbons (Fsp3) is 0.562. The van der Waals surface area contributed by atoms with E-state index in [0.29, 0.717) is 13.2 Å². The molecule has 0 saturated heterocycles. The van der Waals surface area contributed by atoms with Crippen molar-refractivity contribution < 1.29 is 9.53 Å². The van der Waals surface area contributed by atoms with Crippen LogP contribution in [0.2, 0.25) is 0 Å². The summed E-state index contributed by atoms with van der Waals surface area (Å²) in [7, 11) is 0. The monoisotopic (exact) mass is 278 g/mol. The van der Waals surface area contributed by atoms with Crippen LogP contribution in [0.1, 0.15) is 26.3 Å². The molecule has 0 aliphatic heterocycles. The Balaban J connectivity index is 2.30. The number of benzene rings is 1. The molecule has 20 heavy (non-hydrogen) atoms. The van der Waals surface area contributed by atoms with Gasteiger partial charge in [0.2, 0.25) is 5.91 Å². The van der Waals surface area contributed by atoms with E-state index in [1.165, 1.54) is 5.56 Å². The zero-order chi connectivity index (χ0) is 15.0. The lowest BCUT2D eigenvalue weighted by molar-refractivity contribution is -0.125. The molecule has 1 aromatic carbocycles. The lowest BCUT2D eigenvalue weighted by Gasteiger charge is -2.18. The second kappa shape index (κ2) is 8.59. The number of aryl methyl sites for hydroxylation is 1. The molecule has 0 aromatic heterocycles. The second-order valence-electron chi connectivity index (χ2n) is 5.24. The smallest absolute Gasteiger partial charge is 0.224 e. The van der Waals surface area contributed by atoms with Gasteiger partial charge in [-0.2, -0.15) is 0 Å². The molecule has 2 N–H and O–H groups in total. The molecule has 0 aliphatic carbocycles. The lowest BCUT2D eigenvalue weighted by atomic mass is 10.1. The van der Waals surface area contributed by atoms with Gasteiger partial charge in [0.1, 0.15) is 12.4 Å². The Morgan fingerprint density at radius 3 is 2.50 bits per heavy atom. The molecule has 4 heteroatoms. The number of hydrogen-bond acceptors (Lipinski definition) is 3. The number of ether oxygens (including phenoxy) is 1. The van der Waals surface area contributed by atoms with Crippen LogP contribution in [-0.2, 0) is 4.79 Å². The number of rotatable bonds is 8. The maximum absolute atomic E-state index is 11.9. The van der Waals surface area contributed by atoms with Crippen LogP contribution in [0.5, 0.6) is 5.75 Å². The minimum atomic E-state index is -0.0308. The highest BCUT2D eigenvalue weighted by atomic mass is 16.5. The predicted molar refractivity (Wildman–Crippen MR) is 82.0 cm³/mol. The van der Waals surface area contributed by atoms with Gasteiger partial charge in [0.05, 0.1) is 6.04 Å². The molecule has 0 saturated carbocycles. The largest absolute Gasteiger partial charge is 0.491 e. The van der Waals surface area contributed by atoms with E-state index in [-0.39, 0.29) is 17.9 Å². The summed E-state index contributed by atoms with van der Waals surface area (Å²) >= 11 is 0. The highest BCUT2D eigenvalue weighted by Gasteiger charge is 2.14. The zero-order valence-electron chi connectivity index (χ0n) is 12.9. The molecule has 0 radical (unpaired) electrons. The highest BCUT2D eigenvalue weighted by molar-refractivity contribution is 5.78. The van der Waals surface area contributed by atoms with Crippen molar-refractivity contribution in [2.75, 3.05) is 19.7 Å². The van der Waals surface area contributed by atoms with E-state index >= 15 is 0 Å². The molecule has 0 aliphatic rings. The fourth-order valence-corrected chi connectivity index (χ4v) is 1.74. The Labute approximate surface area is 121 Å². The third-order valence-corrected chi connectivity index (χ3v) is 3.06. The quantitative estimate of drug-likeness (QED) is 0.766. The lowest BCUT2D eigenvalue weighted by Crippen LogP contribution is -2.42. The first-order valence-corrected chi connectivity index (χ1v) is 7.23. The Morgan fingerprint density at radius 1 is 1.25 bits per heavy atom. The molecule has 1 amide bonds. The summed E-state index contributed by atoms with van der Waals surface area (Å²) in [5.74, 6) is 0.861. The van der Waals surface area contributed by atoms with Crippen molar-refractivity contribution in [3.63, 3.8) is 0 Å². The minimum Gasteiger partial charge on any atom is -0.491 e. The van der Waals surface area contributed by atoms with E-state index in [4.69, 9.17) is 4.74 Å². The normalized spacial score (nSPS) is 13.6. The molecule has 0 heterocycles. The van der Waals surface area contributed by atoms with Crippen LogP contribution < -0.4 is 15.4 Å². The third-order valence-electron chi connectivity index (χ3n) is 3.06. The van der Waals surface area contributed by atoms with Gasteiger partial charge in [-0.1, -0.05) is 31.5 Å². The number of carbonyl (C=O) groups excluding carboxylic acids is 1.